The summed E-state index contributed by atoms with van der Waals surface area (Å²) in [5, 5.41) is 2.99. The van der Waals surface area contributed by atoms with Gasteiger partial charge in [0.2, 0.25) is 0 Å². The number of nitrogens with zero attached hydrogens (tertiary/aromatic N) is 1. The van der Waals surface area contributed by atoms with Gasteiger partial charge in [0.25, 0.3) is 5.91 Å². The van der Waals surface area contributed by atoms with E-state index in [1.54, 1.807) is 0 Å². The Hall–Kier alpha value is -1.39. The van der Waals surface area contributed by atoms with Crippen LogP contribution in [0.5, 0.6) is 0 Å². The number of nitrogens with one attached hydrogen (secondary N) is 1. The van der Waals surface area contributed by atoms with Gasteiger partial charge in [-0.1, -0.05) is 30.3 Å². The Kier molecular flexibility index (Phi) is 5.15. The molecular weight excluding hydrogens is 252 g/mol. The van der Waals surface area contributed by atoms with Gasteiger partial charge in [-0.25, -0.2) is 0 Å². The van der Waals surface area contributed by atoms with Crippen LogP contribution < -0.4 is 5.32 Å². The summed E-state index contributed by atoms with van der Waals surface area (Å²) < 4.78 is 5.66. The van der Waals surface area contributed by atoms with E-state index in [1.165, 1.54) is 5.56 Å². The van der Waals surface area contributed by atoms with Gasteiger partial charge in [-0.3, -0.25) is 4.79 Å². The Morgan fingerprint density at radius 3 is 2.85 bits per heavy atom. The molecule has 1 aliphatic heterocycles. The first-order valence-corrected chi connectivity index (χ1v) is 7.25. The molecule has 0 saturated carbocycles. The monoisotopic (exact) mass is 276 g/mol. The van der Waals surface area contributed by atoms with Gasteiger partial charge >= 0.3 is 0 Å². The third-order valence-electron chi connectivity index (χ3n) is 3.72. The number of carbonyl (C=O) groups excluding carboxylic acids is 1. The second-order valence-electron chi connectivity index (χ2n) is 5.66. The topological polar surface area (TPSA) is 41.6 Å². The molecule has 110 valence electrons. The Bertz CT molecular complexity index is 435. The van der Waals surface area contributed by atoms with E-state index in [1.807, 2.05) is 32.2 Å². The maximum atomic E-state index is 12.2. The summed E-state index contributed by atoms with van der Waals surface area (Å²) in [6.07, 6.45) is 1.93. The first-order valence-electron chi connectivity index (χ1n) is 7.25. The molecule has 1 saturated heterocycles. The van der Waals surface area contributed by atoms with E-state index in [2.05, 4.69) is 22.3 Å². The Labute approximate surface area is 121 Å². The molecule has 1 heterocycles. The zero-order valence-electron chi connectivity index (χ0n) is 12.4. The van der Waals surface area contributed by atoms with Gasteiger partial charge in [0.05, 0.1) is 6.61 Å². The van der Waals surface area contributed by atoms with Crippen molar-refractivity contribution in [2.24, 2.45) is 0 Å². The zero-order valence-corrected chi connectivity index (χ0v) is 12.4. The van der Waals surface area contributed by atoms with E-state index >= 15 is 0 Å². The van der Waals surface area contributed by atoms with Crippen molar-refractivity contribution in [3.05, 3.63) is 35.9 Å². The third kappa shape index (κ3) is 4.05. The highest BCUT2D eigenvalue weighted by molar-refractivity contribution is 5.85. The Morgan fingerprint density at radius 2 is 2.15 bits per heavy atom. The van der Waals surface area contributed by atoms with E-state index < -0.39 is 5.60 Å². The van der Waals surface area contributed by atoms with Crippen molar-refractivity contribution < 1.29 is 9.53 Å². The number of rotatable bonds is 5. The predicted molar refractivity (Wildman–Crippen MR) is 79.6 cm³/mol. The highest BCUT2D eigenvalue weighted by Crippen LogP contribution is 2.16. The van der Waals surface area contributed by atoms with Gasteiger partial charge in [0.1, 0.15) is 0 Å². The maximum Gasteiger partial charge on any atom is 0.253 e. The highest BCUT2D eigenvalue weighted by Gasteiger charge is 2.37. The number of likely N-dealkylation sites (N-methyl/N-ethyl adjacent to an activating group) is 1. The van der Waals surface area contributed by atoms with Crippen LogP contribution in [0, 0.1) is 0 Å². The zero-order chi connectivity index (χ0) is 14.4. The molecule has 0 aliphatic carbocycles. The van der Waals surface area contributed by atoms with E-state index in [9.17, 15) is 4.79 Å². The van der Waals surface area contributed by atoms with Crippen LogP contribution in [0.15, 0.2) is 30.3 Å². The van der Waals surface area contributed by atoms with Crippen LogP contribution in [0.25, 0.3) is 0 Å². The van der Waals surface area contributed by atoms with Gasteiger partial charge in [-0.2, -0.15) is 0 Å². The minimum atomic E-state index is -0.709. The van der Waals surface area contributed by atoms with Crippen molar-refractivity contribution >= 4 is 5.91 Å². The molecule has 0 aromatic heterocycles. The van der Waals surface area contributed by atoms with Crippen molar-refractivity contribution in [1.29, 1.82) is 0 Å². The Morgan fingerprint density at radius 1 is 1.40 bits per heavy atom. The molecule has 1 aromatic rings. The summed E-state index contributed by atoms with van der Waals surface area (Å²) in [7, 11) is 2.02. The van der Waals surface area contributed by atoms with E-state index in [0.717, 1.165) is 19.4 Å². The minimum absolute atomic E-state index is 0.00267. The summed E-state index contributed by atoms with van der Waals surface area (Å²) in [5.41, 5.74) is 0.598. The lowest BCUT2D eigenvalue weighted by Crippen LogP contribution is -2.57. The standard InChI is InChI=1S/C16H24N2O2/c1-16(13-18(2)11-12-20-16)15(19)17-10-6-9-14-7-4-3-5-8-14/h3-5,7-8H,6,9-13H2,1-2H3,(H,17,19). The molecule has 0 radical (unpaired) electrons. The average Bonchev–Trinajstić information content (AvgIpc) is 2.44. The molecule has 4 nitrogen and oxygen atoms in total. The molecule has 1 unspecified atom stereocenters. The number of carbonyl (C=O) groups is 1. The van der Waals surface area contributed by atoms with Crippen LogP contribution in [0.3, 0.4) is 0 Å². The number of morpholine rings is 1. The number of aryl methyl sites for hydroxylation is 1. The lowest BCUT2D eigenvalue weighted by atomic mass is 10.0. The van der Waals surface area contributed by atoms with E-state index in [4.69, 9.17) is 4.74 Å². The van der Waals surface area contributed by atoms with Crippen molar-refractivity contribution in [2.75, 3.05) is 33.3 Å². The quantitative estimate of drug-likeness (QED) is 0.828. The van der Waals surface area contributed by atoms with Crippen LogP contribution in [-0.4, -0.2) is 49.7 Å². The molecule has 1 amide bonds. The van der Waals surface area contributed by atoms with E-state index in [0.29, 0.717) is 19.7 Å². The molecule has 0 bridgehead atoms. The van der Waals surface area contributed by atoms with Gasteiger partial charge in [-0.05, 0) is 32.4 Å². The van der Waals surface area contributed by atoms with Gasteiger partial charge in [-0.15, -0.1) is 0 Å². The second kappa shape index (κ2) is 6.86. The molecule has 1 atom stereocenters. The summed E-state index contributed by atoms with van der Waals surface area (Å²) in [6, 6.07) is 10.3. The van der Waals surface area contributed by atoms with Crippen LogP contribution in [0.2, 0.25) is 0 Å². The highest BCUT2D eigenvalue weighted by atomic mass is 16.5. The van der Waals surface area contributed by atoms with Gasteiger partial charge < -0.3 is 15.0 Å². The molecule has 1 aliphatic rings. The number of benzene rings is 1. The number of amides is 1. The SMILES string of the molecule is CN1CCOC(C)(C(=O)NCCCc2ccccc2)C1. The van der Waals surface area contributed by atoms with Crippen LogP contribution in [-0.2, 0) is 16.0 Å². The average molecular weight is 276 g/mol. The van der Waals surface area contributed by atoms with Crippen molar-refractivity contribution in [2.45, 2.75) is 25.4 Å². The smallest absolute Gasteiger partial charge is 0.253 e. The van der Waals surface area contributed by atoms with Crippen molar-refractivity contribution in [3.8, 4) is 0 Å². The molecule has 1 fully saturated rings. The molecule has 2 rings (SSSR count). The van der Waals surface area contributed by atoms with Crippen LogP contribution in [0.1, 0.15) is 18.9 Å². The molecular formula is C16H24N2O2. The van der Waals surface area contributed by atoms with Crippen molar-refractivity contribution in [1.82, 2.24) is 10.2 Å². The number of hydrogen-bond acceptors (Lipinski definition) is 3. The summed E-state index contributed by atoms with van der Waals surface area (Å²) in [5.74, 6) is -0.00267. The Balaban J connectivity index is 1.72. The molecule has 1 aromatic carbocycles. The molecule has 20 heavy (non-hydrogen) atoms. The van der Waals surface area contributed by atoms with E-state index in [-0.39, 0.29) is 5.91 Å². The maximum absolute atomic E-state index is 12.2. The molecule has 4 heteroatoms. The third-order valence-corrected chi connectivity index (χ3v) is 3.72. The summed E-state index contributed by atoms with van der Waals surface area (Å²) in [6.45, 7) is 4.71. The lowest BCUT2D eigenvalue weighted by molar-refractivity contribution is -0.155. The van der Waals surface area contributed by atoms with Gasteiger partial charge in [0, 0.05) is 19.6 Å². The normalized spacial score (nSPS) is 23.5. The predicted octanol–water partition coefficient (Wildman–Crippen LogP) is 1.46. The largest absolute Gasteiger partial charge is 0.363 e. The first kappa shape index (κ1) is 15.0. The summed E-state index contributed by atoms with van der Waals surface area (Å²) >= 11 is 0. The molecule has 1 N–H and O–H groups in total. The fourth-order valence-electron chi connectivity index (χ4n) is 2.53. The van der Waals surface area contributed by atoms with Crippen molar-refractivity contribution in [3.63, 3.8) is 0 Å². The van der Waals surface area contributed by atoms with Gasteiger partial charge in [0.15, 0.2) is 5.60 Å². The number of hydrogen-bond donors (Lipinski definition) is 1. The second-order valence-corrected chi connectivity index (χ2v) is 5.66. The fraction of sp³-hybridized carbons (Fsp3) is 0.562. The first-order chi connectivity index (χ1) is 9.60. The minimum Gasteiger partial charge on any atom is -0.363 e. The number of ether oxygens (including phenoxy) is 1. The molecule has 0 spiro atoms. The summed E-state index contributed by atoms with van der Waals surface area (Å²) in [4.78, 5) is 14.3. The fourth-order valence-corrected chi connectivity index (χ4v) is 2.53. The lowest BCUT2D eigenvalue weighted by Gasteiger charge is -2.37. The van der Waals surface area contributed by atoms with Crippen LogP contribution >= 0.6 is 0 Å². The van der Waals surface area contributed by atoms with Crippen LogP contribution in [0.4, 0.5) is 0 Å².